The molecule has 2 rings (SSSR count). The van der Waals surface area contributed by atoms with Crippen molar-refractivity contribution in [2.75, 3.05) is 14.2 Å². The van der Waals surface area contributed by atoms with E-state index in [9.17, 15) is 4.79 Å². The second-order valence-corrected chi connectivity index (χ2v) is 4.07. The Balaban J connectivity index is 2.46. The zero-order valence-corrected chi connectivity index (χ0v) is 10.7. The minimum atomic E-state index is -0.283. The van der Waals surface area contributed by atoms with E-state index in [4.69, 9.17) is 4.74 Å². The number of pyridine rings is 1. The molecule has 2 aromatic rings. The maximum Gasteiger partial charge on any atom is 0.311 e. The van der Waals surface area contributed by atoms with Gasteiger partial charge in [-0.1, -0.05) is 0 Å². The average molecular weight is 245 g/mol. The first-order chi connectivity index (χ1) is 8.63. The van der Waals surface area contributed by atoms with Crippen LogP contribution >= 0.6 is 0 Å². The number of esters is 1. The Morgan fingerprint density at radius 2 is 2.06 bits per heavy atom. The number of aromatic nitrogens is 1. The van der Waals surface area contributed by atoms with Crippen molar-refractivity contribution in [3.05, 3.63) is 35.5 Å². The fourth-order valence-corrected chi connectivity index (χ4v) is 1.88. The summed E-state index contributed by atoms with van der Waals surface area (Å²) in [7, 11) is 3.01. The zero-order valence-electron chi connectivity index (χ0n) is 10.7. The number of carbonyl (C=O) groups is 1. The van der Waals surface area contributed by atoms with E-state index in [0.717, 1.165) is 27.9 Å². The van der Waals surface area contributed by atoms with Gasteiger partial charge in [0, 0.05) is 5.39 Å². The molecule has 0 radical (unpaired) electrons. The fraction of sp³-hybridized carbons (Fsp3) is 0.286. The summed E-state index contributed by atoms with van der Waals surface area (Å²) in [4.78, 5) is 15.7. The first-order valence-corrected chi connectivity index (χ1v) is 5.65. The third kappa shape index (κ3) is 2.42. The van der Waals surface area contributed by atoms with E-state index in [-0.39, 0.29) is 12.4 Å². The molecule has 0 aliphatic rings. The summed E-state index contributed by atoms with van der Waals surface area (Å²) in [6, 6.07) is 7.59. The number of nitrogens with zero attached hydrogens (tertiary/aromatic N) is 1. The monoisotopic (exact) mass is 245 g/mol. The van der Waals surface area contributed by atoms with Gasteiger partial charge < -0.3 is 9.47 Å². The summed E-state index contributed by atoms with van der Waals surface area (Å²) in [6.07, 6.45) is 0.194. The number of ether oxygens (including phenoxy) is 2. The molecule has 0 bridgehead atoms. The lowest BCUT2D eigenvalue weighted by molar-refractivity contribution is -0.139. The maximum absolute atomic E-state index is 11.2. The molecular weight excluding hydrogens is 230 g/mol. The van der Waals surface area contributed by atoms with Crippen molar-refractivity contribution >= 4 is 16.9 Å². The van der Waals surface area contributed by atoms with Crippen LogP contribution in [0.2, 0.25) is 0 Å². The number of carbonyl (C=O) groups excluding carboxylic acids is 1. The van der Waals surface area contributed by atoms with Gasteiger partial charge in [-0.2, -0.15) is 0 Å². The summed E-state index contributed by atoms with van der Waals surface area (Å²) < 4.78 is 9.83. The number of methoxy groups -OCH3 is 2. The van der Waals surface area contributed by atoms with Crippen LogP contribution in [0.3, 0.4) is 0 Å². The highest BCUT2D eigenvalue weighted by atomic mass is 16.5. The SMILES string of the molecule is COC(=O)Cc1cc(C)c2cc(OC)ccc2n1. The third-order valence-corrected chi connectivity index (χ3v) is 2.83. The maximum atomic E-state index is 11.2. The normalized spacial score (nSPS) is 10.4. The van der Waals surface area contributed by atoms with E-state index < -0.39 is 0 Å². The standard InChI is InChI=1S/C14H15NO3/c1-9-6-10(7-14(16)18-3)15-13-5-4-11(17-2)8-12(9)13/h4-6,8H,7H2,1-3H3. The van der Waals surface area contributed by atoms with Crippen LogP contribution in [-0.4, -0.2) is 25.2 Å². The minimum absolute atomic E-state index is 0.194. The molecular formula is C14H15NO3. The Morgan fingerprint density at radius 3 is 2.72 bits per heavy atom. The molecule has 0 saturated heterocycles. The molecule has 0 N–H and O–H groups in total. The van der Waals surface area contributed by atoms with Crippen molar-refractivity contribution in [2.24, 2.45) is 0 Å². The van der Waals surface area contributed by atoms with Crippen LogP contribution in [0.5, 0.6) is 5.75 Å². The zero-order chi connectivity index (χ0) is 13.1. The van der Waals surface area contributed by atoms with Crippen molar-refractivity contribution in [3.63, 3.8) is 0 Å². The molecule has 0 spiro atoms. The van der Waals surface area contributed by atoms with Gasteiger partial charge in [0.1, 0.15) is 5.75 Å². The van der Waals surface area contributed by atoms with Crippen LogP contribution in [0.15, 0.2) is 24.3 Å². The van der Waals surface area contributed by atoms with Gasteiger partial charge in [-0.3, -0.25) is 9.78 Å². The molecule has 0 saturated carbocycles. The number of aryl methyl sites for hydroxylation is 1. The molecule has 0 aliphatic carbocycles. The molecule has 18 heavy (non-hydrogen) atoms. The summed E-state index contributed by atoms with van der Waals surface area (Å²) >= 11 is 0. The van der Waals surface area contributed by atoms with Gasteiger partial charge in [0.15, 0.2) is 0 Å². The van der Waals surface area contributed by atoms with Crippen LogP contribution in [0.4, 0.5) is 0 Å². The second kappa shape index (κ2) is 5.04. The Morgan fingerprint density at radius 1 is 1.28 bits per heavy atom. The highest BCUT2D eigenvalue weighted by molar-refractivity contribution is 5.84. The van der Waals surface area contributed by atoms with E-state index in [1.165, 1.54) is 7.11 Å². The summed E-state index contributed by atoms with van der Waals surface area (Å²) in [5.41, 5.74) is 2.64. The molecule has 1 aromatic carbocycles. The number of hydrogen-bond acceptors (Lipinski definition) is 4. The van der Waals surface area contributed by atoms with E-state index >= 15 is 0 Å². The van der Waals surface area contributed by atoms with Gasteiger partial charge in [0.25, 0.3) is 0 Å². The summed E-state index contributed by atoms with van der Waals surface area (Å²) in [5.74, 6) is 0.517. The van der Waals surface area contributed by atoms with Gasteiger partial charge in [-0.15, -0.1) is 0 Å². The Bertz CT molecular complexity index is 593. The molecule has 4 heteroatoms. The van der Waals surface area contributed by atoms with Crippen LogP contribution < -0.4 is 4.74 Å². The first kappa shape index (κ1) is 12.4. The second-order valence-electron chi connectivity index (χ2n) is 4.07. The molecule has 4 nitrogen and oxygen atoms in total. The lowest BCUT2D eigenvalue weighted by atomic mass is 10.1. The first-order valence-electron chi connectivity index (χ1n) is 5.65. The molecule has 0 aliphatic heterocycles. The quantitative estimate of drug-likeness (QED) is 0.778. The van der Waals surface area contributed by atoms with Gasteiger partial charge >= 0.3 is 5.97 Å². The smallest absolute Gasteiger partial charge is 0.311 e. The van der Waals surface area contributed by atoms with E-state index in [1.807, 2.05) is 31.2 Å². The largest absolute Gasteiger partial charge is 0.497 e. The predicted molar refractivity (Wildman–Crippen MR) is 68.8 cm³/mol. The molecule has 1 heterocycles. The lowest BCUT2D eigenvalue weighted by Crippen LogP contribution is -2.06. The van der Waals surface area contributed by atoms with Crippen LogP contribution in [-0.2, 0) is 16.0 Å². The Hall–Kier alpha value is -2.10. The highest BCUT2D eigenvalue weighted by Gasteiger charge is 2.08. The van der Waals surface area contributed by atoms with Gasteiger partial charge in [0.05, 0.1) is 31.9 Å². The third-order valence-electron chi connectivity index (χ3n) is 2.83. The number of rotatable bonds is 3. The van der Waals surface area contributed by atoms with E-state index in [2.05, 4.69) is 9.72 Å². The molecule has 0 amide bonds. The molecule has 0 atom stereocenters. The van der Waals surface area contributed by atoms with Crippen LogP contribution in [0.25, 0.3) is 10.9 Å². The van der Waals surface area contributed by atoms with Crippen LogP contribution in [0.1, 0.15) is 11.3 Å². The van der Waals surface area contributed by atoms with Crippen molar-refractivity contribution in [1.29, 1.82) is 0 Å². The van der Waals surface area contributed by atoms with Crippen molar-refractivity contribution in [3.8, 4) is 5.75 Å². The minimum Gasteiger partial charge on any atom is -0.497 e. The predicted octanol–water partition coefficient (Wildman–Crippen LogP) is 2.27. The fourth-order valence-electron chi connectivity index (χ4n) is 1.88. The number of fused-ring (bicyclic) bond motifs is 1. The van der Waals surface area contributed by atoms with E-state index in [1.54, 1.807) is 7.11 Å². The van der Waals surface area contributed by atoms with Gasteiger partial charge in [-0.05, 0) is 36.8 Å². The topological polar surface area (TPSA) is 48.4 Å². The van der Waals surface area contributed by atoms with Crippen molar-refractivity contribution < 1.29 is 14.3 Å². The van der Waals surface area contributed by atoms with Crippen molar-refractivity contribution in [1.82, 2.24) is 4.98 Å². The Kier molecular flexibility index (Phi) is 3.46. The number of hydrogen-bond donors (Lipinski definition) is 0. The summed E-state index contributed by atoms with van der Waals surface area (Å²) in [5, 5.41) is 1.03. The average Bonchev–Trinajstić information content (AvgIpc) is 2.38. The number of benzene rings is 1. The molecule has 0 unspecified atom stereocenters. The Labute approximate surface area is 106 Å². The summed E-state index contributed by atoms with van der Waals surface area (Å²) in [6.45, 7) is 1.99. The molecule has 1 aromatic heterocycles. The van der Waals surface area contributed by atoms with Gasteiger partial charge in [-0.25, -0.2) is 0 Å². The van der Waals surface area contributed by atoms with Crippen LogP contribution in [0, 0.1) is 6.92 Å². The molecule has 94 valence electrons. The highest BCUT2D eigenvalue weighted by Crippen LogP contribution is 2.23. The molecule has 0 fully saturated rings. The lowest BCUT2D eigenvalue weighted by Gasteiger charge is -2.07. The van der Waals surface area contributed by atoms with E-state index in [0.29, 0.717) is 0 Å². The van der Waals surface area contributed by atoms with Gasteiger partial charge in [0.2, 0.25) is 0 Å². The van der Waals surface area contributed by atoms with Crippen molar-refractivity contribution in [2.45, 2.75) is 13.3 Å².